The quantitative estimate of drug-likeness (QED) is 0.821. The first-order valence-electron chi connectivity index (χ1n) is 6.08. The van der Waals surface area contributed by atoms with Gasteiger partial charge >= 0.3 is 6.36 Å². The molecule has 1 aliphatic carbocycles. The van der Waals surface area contributed by atoms with E-state index in [-0.39, 0.29) is 11.7 Å². The van der Waals surface area contributed by atoms with Crippen molar-refractivity contribution in [3.05, 3.63) is 29.3 Å². The molecule has 1 aromatic carbocycles. The fourth-order valence-corrected chi connectivity index (χ4v) is 2.01. The van der Waals surface area contributed by atoms with Gasteiger partial charge in [0.1, 0.15) is 5.75 Å². The molecule has 5 heteroatoms. The maximum absolute atomic E-state index is 12.3. The minimum Gasteiger partial charge on any atom is -0.406 e. The molecule has 0 saturated heterocycles. The van der Waals surface area contributed by atoms with Crippen LogP contribution < -0.4 is 4.74 Å². The second-order valence-electron chi connectivity index (χ2n) is 5.19. The second kappa shape index (κ2) is 4.44. The Morgan fingerprint density at radius 3 is 2.32 bits per heavy atom. The first-order chi connectivity index (χ1) is 8.76. The van der Waals surface area contributed by atoms with Gasteiger partial charge in [-0.25, -0.2) is 0 Å². The molecule has 2 rings (SSSR count). The molecule has 0 amide bonds. The van der Waals surface area contributed by atoms with Crippen LogP contribution in [0.25, 0.3) is 0 Å². The third kappa shape index (κ3) is 3.01. The highest BCUT2D eigenvalue weighted by Gasteiger charge is 2.45. The Labute approximate surface area is 109 Å². The second-order valence-corrected chi connectivity index (χ2v) is 5.19. The van der Waals surface area contributed by atoms with E-state index in [1.807, 2.05) is 19.9 Å². The Balaban J connectivity index is 2.42. The monoisotopic (exact) mass is 269 g/mol. The topological polar surface area (TPSA) is 33.0 Å². The van der Waals surface area contributed by atoms with Crippen LogP contribution in [0.1, 0.15) is 43.7 Å². The number of rotatable bonds is 3. The number of halogens is 3. The third-order valence-electron chi connectivity index (χ3n) is 3.35. The van der Waals surface area contributed by atoms with Gasteiger partial charge in [-0.1, -0.05) is 19.9 Å². The Hall–Kier alpha value is -1.70. The molecule has 0 spiro atoms. The van der Waals surface area contributed by atoms with Crippen LogP contribution in [-0.2, 0) is 5.41 Å². The SMILES string of the molecule is CC(C)c1cc(OC(F)(F)F)cc(C2(C#N)CC2)c1. The van der Waals surface area contributed by atoms with Gasteiger partial charge in [-0.2, -0.15) is 5.26 Å². The summed E-state index contributed by atoms with van der Waals surface area (Å²) < 4.78 is 40.9. The molecule has 0 radical (unpaired) electrons. The van der Waals surface area contributed by atoms with Crippen LogP contribution in [0.3, 0.4) is 0 Å². The average molecular weight is 269 g/mol. The van der Waals surface area contributed by atoms with Crippen molar-refractivity contribution >= 4 is 0 Å². The summed E-state index contributed by atoms with van der Waals surface area (Å²) in [6, 6.07) is 6.71. The maximum Gasteiger partial charge on any atom is 0.573 e. The summed E-state index contributed by atoms with van der Waals surface area (Å²) in [7, 11) is 0. The van der Waals surface area contributed by atoms with Crippen molar-refractivity contribution in [1.82, 2.24) is 0 Å². The number of hydrogen-bond donors (Lipinski definition) is 0. The number of alkyl halides is 3. The predicted molar refractivity (Wildman–Crippen MR) is 63.7 cm³/mol. The zero-order chi connectivity index (χ0) is 14.3. The molecule has 0 aromatic heterocycles. The average Bonchev–Trinajstić information content (AvgIpc) is 3.07. The van der Waals surface area contributed by atoms with Gasteiger partial charge in [0, 0.05) is 0 Å². The highest BCUT2D eigenvalue weighted by molar-refractivity contribution is 5.46. The summed E-state index contributed by atoms with van der Waals surface area (Å²) in [6.45, 7) is 3.78. The Morgan fingerprint density at radius 2 is 1.89 bits per heavy atom. The normalized spacial score (nSPS) is 17.1. The molecule has 0 N–H and O–H groups in total. The molecule has 2 nitrogen and oxygen atoms in total. The first-order valence-corrected chi connectivity index (χ1v) is 6.08. The molecule has 1 aliphatic rings. The van der Waals surface area contributed by atoms with E-state index in [0.717, 1.165) is 5.56 Å². The van der Waals surface area contributed by atoms with E-state index >= 15 is 0 Å². The molecule has 0 heterocycles. The number of benzene rings is 1. The lowest BCUT2D eigenvalue weighted by Crippen LogP contribution is -2.18. The first kappa shape index (κ1) is 13.7. The van der Waals surface area contributed by atoms with Gasteiger partial charge in [0.05, 0.1) is 11.5 Å². The largest absolute Gasteiger partial charge is 0.573 e. The number of hydrogen-bond acceptors (Lipinski definition) is 2. The van der Waals surface area contributed by atoms with Crippen molar-refractivity contribution in [3.63, 3.8) is 0 Å². The maximum atomic E-state index is 12.3. The van der Waals surface area contributed by atoms with E-state index in [1.165, 1.54) is 12.1 Å². The Morgan fingerprint density at radius 1 is 1.26 bits per heavy atom. The predicted octanol–water partition coefficient (Wildman–Crippen LogP) is 4.26. The molecule has 102 valence electrons. The minimum atomic E-state index is -4.71. The van der Waals surface area contributed by atoms with Gasteiger partial charge < -0.3 is 4.74 Å². The summed E-state index contributed by atoms with van der Waals surface area (Å²) in [5, 5.41) is 9.15. The van der Waals surface area contributed by atoms with Crippen LogP contribution in [0.5, 0.6) is 5.75 Å². The Kier molecular flexibility index (Phi) is 3.21. The van der Waals surface area contributed by atoms with E-state index in [9.17, 15) is 13.2 Å². The highest BCUT2D eigenvalue weighted by atomic mass is 19.4. The minimum absolute atomic E-state index is 0.0741. The van der Waals surface area contributed by atoms with Crippen molar-refractivity contribution < 1.29 is 17.9 Å². The molecule has 1 aromatic rings. The number of ether oxygens (including phenoxy) is 1. The smallest absolute Gasteiger partial charge is 0.406 e. The molecule has 19 heavy (non-hydrogen) atoms. The lowest BCUT2D eigenvalue weighted by molar-refractivity contribution is -0.274. The molecule has 0 bridgehead atoms. The van der Waals surface area contributed by atoms with E-state index < -0.39 is 11.8 Å². The van der Waals surface area contributed by atoms with Crippen LogP contribution in [0.2, 0.25) is 0 Å². The fraction of sp³-hybridized carbons (Fsp3) is 0.500. The number of nitriles is 1. The highest BCUT2D eigenvalue weighted by Crippen LogP contribution is 2.49. The van der Waals surface area contributed by atoms with Gasteiger partial charge in [0.2, 0.25) is 0 Å². The molecule has 0 atom stereocenters. The molecule has 1 saturated carbocycles. The van der Waals surface area contributed by atoms with Crippen LogP contribution in [0.4, 0.5) is 13.2 Å². The zero-order valence-electron chi connectivity index (χ0n) is 10.7. The summed E-state index contributed by atoms with van der Waals surface area (Å²) in [6.07, 6.45) is -3.33. The zero-order valence-corrected chi connectivity index (χ0v) is 10.7. The van der Waals surface area contributed by atoms with Gasteiger partial charge in [-0.3, -0.25) is 0 Å². The van der Waals surface area contributed by atoms with Crippen LogP contribution in [0, 0.1) is 11.3 Å². The van der Waals surface area contributed by atoms with Crippen molar-refractivity contribution in [2.45, 2.75) is 44.4 Å². The van der Waals surface area contributed by atoms with E-state index in [1.54, 1.807) is 0 Å². The lowest BCUT2D eigenvalue weighted by Gasteiger charge is -2.16. The third-order valence-corrected chi connectivity index (χ3v) is 3.35. The van der Waals surface area contributed by atoms with Crippen molar-refractivity contribution in [2.75, 3.05) is 0 Å². The fourth-order valence-electron chi connectivity index (χ4n) is 2.01. The number of nitrogens with zero attached hydrogens (tertiary/aromatic N) is 1. The van der Waals surface area contributed by atoms with E-state index in [0.29, 0.717) is 18.4 Å². The molecule has 1 fully saturated rings. The van der Waals surface area contributed by atoms with Crippen LogP contribution in [0.15, 0.2) is 18.2 Å². The van der Waals surface area contributed by atoms with Crippen molar-refractivity contribution in [1.29, 1.82) is 5.26 Å². The lowest BCUT2D eigenvalue weighted by atomic mass is 9.92. The van der Waals surface area contributed by atoms with Crippen LogP contribution >= 0.6 is 0 Å². The van der Waals surface area contributed by atoms with Gasteiger partial charge in [-0.05, 0) is 42.0 Å². The molecule has 0 unspecified atom stereocenters. The standard InChI is InChI=1S/C14H14F3NO/c1-9(2)10-5-11(13(8-18)3-4-13)7-12(6-10)19-14(15,16)17/h5-7,9H,3-4H2,1-2H3. The molecule has 0 aliphatic heterocycles. The van der Waals surface area contributed by atoms with Gasteiger partial charge in [0.25, 0.3) is 0 Å². The summed E-state index contributed by atoms with van der Waals surface area (Å²) >= 11 is 0. The molecular weight excluding hydrogens is 255 g/mol. The summed E-state index contributed by atoms with van der Waals surface area (Å²) in [5.74, 6) is -0.166. The van der Waals surface area contributed by atoms with Crippen molar-refractivity contribution in [2.24, 2.45) is 0 Å². The van der Waals surface area contributed by atoms with E-state index in [4.69, 9.17) is 5.26 Å². The Bertz CT molecular complexity index is 524. The summed E-state index contributed by atoms with van der Waals surface area (Å²) in [4.78, 5) is 0. The van der Waals surface area contributed by atoms with E-state index in [2.05, 4.69) is 10.8 Å². The van der Waals surface area contributed by atoms with Gasteiger partial charge in [-0.15, -0.1) is 13.2 Å². The van der Waals surface area contributed by atoms with Gasteiger partial charge in [0.15, 0.2) is 0 Å². The van der Waals surface area contributed by atoms with Crippen LogP contribution in [-0.4, -0.2) is 6.36 Å². The molecular formula is C14H14F3NO. The summed E-state index contributed by atoms with van der Waals surface area (Å²) in [5.41, 5.74) is 0.757. The van der Waals surface area contributed by atoms with Crippen molar-refractivity contribution in [3.8, 4) is 11.8 Å².